The lowest BCUT2D eigenvalue weighted by atomic mass is 9.93. The van der Waals surface area contributed by atoms with E-state index in [0.29, 0.717) is 0 Å². The highest BCUT2D eigenvalue weighted by Gasteiger charge is 2.21. The van der Waals surface area contributed by atoms with E-state index in [1.165, 1.54) is 32.8 Å². The minimum Gasteiger partial charge on any atom is -0.392 e. The molecule has 0 bridgehead atoms. The average molecular weight is 549 g/mol. The third-order valence-electron chi connectivity index (χ3n) is 8.11. The fourth-order valence-electron chi connectivity index (χ4n) is 5.92. The topological polar surface area (TPSA) is 86.2 Å². The van der Waals surface area contributed by atoms with Crippen molar-refractivity contribution in [2.45, 2.75) is 46.0 Å². The third kappa shape index (κ3) is 4.67. The van der Waals surface area contributed by atoms with Crippen molar-refractivity contribution >= 4 is 33.7 Å². The lowest BCUT2D eigenvalue weighted by molar-refractivity contribution is 0.175. The molecule has 3 N–H and O–H groups in total. The molecule has 0 spiro atoms. The predicted molar refractivity (Wildman–Crippen MR) is 162 cm³/mol. The van der Waals surface area contributed by atoms with Crippen molar-refractivity contribution in [3.8, 4) is 21.7 Å². The summed E-state index contributed by atoms with van der Waals surface area (Å²) in [5.41, 5.74) is 10.2. The van der Waals surface area contributed by atoms with Crippen molar-refractivity contribution in [1.82, 2.24) is 25.2 Å². The number of rotatable bonds is 6. The zero-order valence-electron chi connectivity index (χ0n) is 22.7. The second-order valence-corrected chi connectivity index (χ2v) is 11.9. The van der Waals surface area contributed by atoms with Crippen LogP contribution in [0.4, 0.5) is 11.5 Å². The van der Waals surface area contributed by atoms with Crippen molar-refractivity contribution in [3.63, 3.8) is 0 Å². The van der Waals surface area contributed by atoms with Gasteiger partial charge in [-0.1, -0.05) is 30.3 Å². The number of benzene rings is 2. The number of aromatic nitrogens is 3. The second kappa shape index (κ2) is 10.4. The van der Waals surface area contributed by atoms with Gasteiger partial charge in [0.15, 0.2) is 5.82 Å². The normalized spacial score (nSPS) is 17.0. The van der Waals surface area contributed by atoms with Gasteiger partial charge in [0.1, 0.15) is 10.5 Å². The Morgan fingerprint density at radius 3 is 2.67 bits per heavy atom. The summed E-state index contributed by atoms with van der Waals surface area (Å²) in [5.74, 6) is 0.747. The number of nitrogens with one attached hydrogen (secondary N) is 2. The van der Waals surface area contributed by atoms with Crippen LogP contribution in [-0.4, -0.2) is 44.2 Å². The molecule has 1 fully saturated rings. The Balaban J connectivity index is 1.19. The third-order valence-corrected chi connectivity index (χ3v) is 9.24. The lowest BCUT2D eigenvalue weighted by Gasteiger charge is -2.17. The molecule has 2 aliphatic heterocycles. The predicted octanol–water partition coefficient (Wildman–Crippen LogP) is 5.95. The maximum absolute atomic E-state index is 9.87. The Hall–Kier alpha value is -3.69. The minimum atomic E-state index is -0.218. The van der Waals surface area contributed by atoms with E-state index in [9.17, 15) is 5.11 Å². The van der Waals surface area contributed by atoms with Crippen LogP contribution >= 0.6 is 11.3 Å². The molecule has 8 heteroatoms. The van der Waals surface area contributed by atoms with Crippen molar-refractivity contribution in [2.24, 2.45) is 0 Å². The number of aliphatic hydroxyl groups is 1. The largest absolute Gasteiger partial charge is 0.392 e. The van der Waals surface area contributed by atoms with Crippen LogP contribution in [-0.2, 0) is 19.6 Å². The molecule has 2 aliphatic rings. The average Bonchev–Trinajstić information content (AvgIpc) is 3.67. The van der Waals surface area contributed by atoms with E-state index in [-0.39, 0.29) is 6.10 Å². The van der Waals surface area contributed by atoms with E-state index in [4.69, 9.17) is 9.97 Å². The van der Waals surface area contributed by atoms with E-state index in [2.05, 4.69) is 76.8 Å². The summed E-state index contributed by atoms with van der Waals surface area (Å²) in [6, 6.07) is 17.1. The van der Waals surface area contributed by atoms with Crippen LogP contribution in [0.1, 0.15) is 33.7 Å². The number of hydrogen-bond donors (Lipinski definition) is 3. The molecule has 0 amide bonds. The van der Waals surface area contributed by atoms with Crippen LogP contribution in [0, 0.1) is 13.8 Å². The first-order chi connectivity index (χ1) is 19.5. The first-order valence-corrected chi connectivity index (χ1v) is 14.7. The SMILES string of the molecule is Cc1c(Nc2nccc3cc(CN4CC[C@@H](O)C4)cnc23)cccc1-c1cccc(-c2nc3c(s2)CNC3)c1C. The van der Waals surface area contributed by atoms with Gasteiger partial charge in [-0.3, -0.25) is 9.88 Å². The van der Waals surface area contributed by atoms with Gasteiger partial charge < -0.3 is 15.7 Å². The number of fused-ring (bicyclic) bond motifs is 2. The first kappa shape index (κ1) is 25.3. The van der Waals surface area contributed by atoms with Gasteiger partial charge in [-0.2, -0.15) is 0 Å². The molecule has 202 valence electrons. The summed E-state index contributed by atoms with van der Waals surface area (Å²) in [4.78, 5) is 18.0. The number of nitrogens with zero attached hydrogens (tertiary/aromatic N) is 4. The van der Waals surface area contributed by atoms with Crippen molar-refractivity contribution in [3.05, 3.63) is 88.2 Å². The molecular weight excluding hydrogens is 516 g/mol. The highest BCUT2D eigenvalue weighted by molar-refractivity contribution is 7.15. The van der Waals surface area contributed by atoms with Crippen molar-refractivity contribution in [1.29, 1.82) is 0 Å². The molecule has 0 saturated carbocycles. The van der Waals surface area contributed by atoms with Gasteiger partial charge in [0.05, 0.1) is 11.8 Å². The molecular formula is C32H32N6OS. The van der Waals surface area contributed by atoms with Gasteiger partial charge >= 0.3 is 0 Å². The zero-order chi connectivity index (χ0) is 27.2. The van der Waals surface area contributed by atoms with Crippen LogP contribution in [0.25, 0.3) is 32.6 Å². The summed E-state index contributed by atoms with van der Waals surface area (Å²) in [7, 11) is 0. The minimum absolute atomic E-state index is 0.218. The molecule has 2 aromatic carbocycles. The smallest absolute Gasteiger partial charge is 0.156 e. The van der Waals surface area contributed by atoms with Gasteiger partial charge in [0.2, 0.25) is 0 Å². The molecule has 1 atom stereocenters. The Morgan fingerprint density at radius 1 is 1.02 bits per heavy atom. The van der Waals surface area contributed by atoms with Crippen molar-refractivity contribution in [2.75, 3.05) is 18.4 Å². The van der Waals surface area contributed by atoms with Crippen LogP contribution in [0.15, 0.2) is 60.9 Å². The number of anilines is 2. The summed E-state index contributed by atoms with van der Waals surface area (Å²) < 4.78 is 0. The van der Waals surface area contributed by atoms with Gasteiger partial charge in [0.25, 0.3) is 0 Å². The summed E-state index contributed by atoms with van der Waals surface area (Å²) in [5, 5.41) is 19.0. The van der Waals surface area contributed by atoms with Gasteiger partial charge in [-0.05, 0) is 66.3 Å². The van der Waals surface area contributed by atoms with E-state index in [0.717, 1.165) is 77.7 Å². The fraction of sp³-hybridized carbons (Fsp3) is 0.281. The van der Waals surface area contributed by atoms with Crippen LogP contribution in [0.5, 0.6) is 0 Å². The van der Waals surface area contributed by atoms with Gasteiger partial charge in [0, 0.05) is 66.6 Å². The number of hydrogen-bond acceptors (Lipinski definition) is 8. The maximum Gasteiger partial charge on any atom is 0.156 e. The Kier molecular flexibility index (Phi) is 6.56. The maximum atomic E-state index is 9.87. The Labute approximate surface area is 238 Å². The monoisotopic (exact) mass is 548 g/mol. The molecule has 0 radical (unpaired) electrons. The fourth-order valence-corrected chi connectivity index (χ4v) is 7.05. The van der Waals surface area contributed by atoms with Crippen LogP contribution in [0.2, 0.25) is 0 Å². The number of thiazole rings is 1. The lowest BCUT2D eigenvalue weighted by Crippen LogP contribution is -2.21. The van der Waals surface area contributed by atoms with Gasteiger partial charge in [-0.25, -0.2) is 9.97 Å². The number of aliphatic hydroxyl groups excluding tert-OH is 1. The van der Waals surface area contributed by atoms with E-state index >= 15 is 0 Å². The van der Waals surface area contributed by atoms with E-state index in [1.807, 2.05) is 18.5 Å². The Bertz CT molecular complexity index is 1710. The Morgan fingerprint density at radius 2 is 1.85 bits per heavy atom. The zero-order valence-corrected chi connectivity index (χ0v) is 23.6. The number of likely N-dealkylation sites (tertiary alicyclic amines) is 1. The molecule has 7 nitrogen and oxygen atoms in total. The quantitative estimate of drug-likeness (QED) is 0.242. The summed E-state index contributed by atoms with van der Waals surface area (Å²) in [6.07, 6.45) is 4.39. The molecule has 0 unspecified atom stereocenters. The second-order valence-electron chi connectivity index (χ2n) is 10.8. The molecule has 3 aromatic heterocycles. The standard InChI is InChI=1S/C32H32N6OS/c1-19-24(5-3-7-26(19)32-37-28-15-33-16-29(28)40-32)25-6-4-8-27(20(25)2)36-31-30-22(9-11-34-31)13-21(14-35-30)17-38-12-10-23(39)18-38/h3-9,11,13-14,23,33,39H,10,12,15-18H2,1-2H3,(H,34,36)/t23-/m1/s1. The summed E-state index contributed by atoms with van der Waals surface area (Å²) >= 11 is 1.80. The molecule has 5 aromatic rings. The van der Waals surface area contributed by atoms with Crippen LogP contribution in [0.3, 0.4) is 0 Å². The van der Waals surface area contributed by atoms with Crippen LogP contribution < -0.4 is 10.6 Å². The van der Waals surface area contributed by atoms with Crippen molar-refractivity contribution < 1.29 is 5.11 Å². The highest BCUT2D eigenvalue weighted by atomic mass is 32.1. The van der Waals surface area contributed by atoms with E-state index in [1.54, 1.807) is 11.3 Å². The highest BCUT2D eigenvalue weighted by Crippen LogP contribution is 2.38. The molecule has 7 rings (SSSR count). The number of β-amino-alcohol motifs (C(OH)–C–C–N with tert-alkyl or cyclic N) is 1. The molecule has 5 heterocycles. The number of pyridine rings is 2. The van der Waals surface area contributed by atoms with E-state index < -0.39 is 0 Å². The first-order valence-electron chi connectivity index (χ1n) is 13.8. The summed E-state index contributed by atoms with van der Waals surface area (Å²) in [6.45, 7) is 8.58. The molecule has 40 heavy (non-hydrogen) atoms. The van der Waals surface area contributed by atoms with Gasteiger partial charge in [-0.15, -0.1) is 11.3 Å². The molecule has 0 aliphatic carbocycles. The molecule has 1 saturated heterocycles.